The minimum Gasteiger partial charge on any atom is -0.368 e. The molecule has 1 aliphatic rings. The second-order valence-corrected chi connectivity index (χ2v) is 3.45. The highest BCUT2D eigenvalue weighted by molar-refractivity contribution is 5.05. The molecule has 0 saturated heterocycles. The largest absolute Gasteiger partial charge is 0.368 e. The summed E-state index contributed by atoms with van der Waals surface area (Å²) in [6, 6.07) is -0.146. The van der Waals surface area contributed by atoms with Crippen LogP contribution in [0.5, 0.6) is 0 Å². The standard InChI is InChI=1S/C9H16FNO/c1-6(2)12-9-4-3-7(11)5-8(9)10/h3-4,6-9H,5,11H2,1-2H3/t7-,8?,9?/m0/s1. The maximum Gasteiger partial charge on any atom is 0.132 e. The first-order chi connectivity index (χ1) is 5.59. The minimum atomic E-state index is -0.951. The van der Waals surface area contributed by atoms with Crippen LogP contribution in [-0.4, -0.2) is 24.4 Å². The highest BCUT2D eigenvalue weighted by Crippen LogP contribution is 2.18. The summed E-state index contributed by atoms with van der Waals surface area (Å²) in [6.45, 7) is 3.80. The van der Waals surface area contributed by atoms with Gasteiger partial charge in [0.25, 0.3) is 0 Å². The molecule has 2 N–H and O–H groups in total. The number of rotatable bonds is 2. The van der Waals surface area contributed by atoms with Gasteiger partial charge < -0.3 is 10.5 Å². The predicted molar refractivity (Wildman–Crippen MR) is 46.6 cm³/mol. The third kappa shape index (κ3) is 2.57. The van der Waals surface area contributed by atoms with Crippen LogP contribution in [0.25, 0.3) is 0 Å². The fourth-order valence-corrected chi connectivity index (χ4v) is 1.29. The summed E-state index contributed by atoms with van der Waals surface area (Å²) in [4.78, 5) is 0. The van der Waals surface area contributed by atoms with Crippen LogP contribution in [-0.2, 0) is 4.74 Å². The molecule has 0 radical (unpaired) electrons. The summed E-state index contributed by atoms with van der Waals surface area (Å²) >= 11 is 0. The SMILES string of the molecule is CC(C)OC1C=C[C@H](N)CC1F. The van der Waals surface area contributed by atoms with Gasteiger partial charge in [0.15, 0.2) is 0 Å². The third-order valence-electron chi connectivity index (χ3n) is 1.83. The van der Waals surface area contributed by atoms with Crippen molar-refractivity contribution in [1.82, 2.24) is 0 Å². The van der Waals surface area contributed by atoms with E-state index < -0.39 is 12.3 Å². The molecule has 1 rings (SSSR count). The zero-order chi connectivity index (χ0) is 9.14. The molecule has 0 aliphatic heterocycles. The first-order valence-corrected chi connectivity index (χ1v) is 4.33. The van der Waals surface area contributed by atoms with Crippen LogP contribution in [0.2, 0.25) is 0 Å². The van der Waals surface area contributed by atoms with Crippen molar-refractivity contribution in [3.8, 4) is 0 Å². The Balaban J connectivity index is 2.48. The number of hydrogen-bond acceptors (Lipinski definition) is 2. The van der Waals surface area contributed by atoms with E-state index in [1.165, 1.54) is 0 Å². The van der Waals surface area contributed by atoms with Crippen LogP contribution < -0.4 is 5.73 Å². The summed E-state index contributed by atoms with van der Waals surface area (Å²) < 4.78 is 18.5. The molecular weight excluding hydrogens is 157 g/mol. The Morgan fingerprint density at radius 2 is 2.17 bits per heavy atom. The summed E-state index contributed by atoms with van der Waals surface area (Å²) in [7, 11) is 0. The zero-order valence-electron chi connectivity index (χ0n) is 7.53. The molecule has 2 nitrogen and oxygen atoms in total. The van der Waals surface area contributed by atoms with Gasteiger partial charge in [0, 0.05) is 12.5 Å². The highest BCUT2D eigenvalue weighted by atomic mass is 19.1. The first-order valence-electron chi connectivity index (χ1n) is 4.33. The summed E-state index contributed by atoms with van der Waals surface area (Å²) in [5.74, 6) is 0. The monoisotopic (exact) mass is 173 g/mol. The van der Waals surface area contributed by atoms with Crippen molar-refractivity contribution < 1.29 is 9.13 Å². The van der Waals surface area contributed by atoms with E-state index in [0.717, 1.165) is 0 Å². The second-order valence-electron chi connectivity index (χ2n) is 3.45. The highest BCUT2D eigenvalue weighted by Gasteiger charge is 2.25. The summed E-state index contributed by atoms with van der Waals surface area (Å²) in [5.41, 5.74) is 5.54. The molecule has 0 heterocycles. The number of ether oxygens (including phenoxy) is 1. The van der Waals surface area contributed by atoms with Crippen molar-refractivity contribution in [2.75, 3.05) is 0 Å². The van der Waals surface area contributed by atoms with Crippen LogP contribution in [0.15, 0.2) is 12.2 Å². The average molecular weight is 173 g/mol. The smallest absolute Gasteiger partial charge is 0.132 e. The van der Waals surface area contributed by atoms with Gasteiger partial charge in [-0.1, -0.05) is 12.2 Å². The van der Waals surface area contributed by atoms with Gasteiger partial charge in [0.1, 0.15) is 12.3 Å². The quantitative estimate of drug-likeness (QED) is 0.641. The molecule has 0 spiro atoms. The Bertz CT molecular complexity index is 170. The number of alkyl halides is 1. The van der Waals surface area contributed by atoms with Gasteiger partial charge in [-0.25, -0.2) is 4.39 Å². The van der Waals surface area contributed by atoms with E-state index >= 15 is 0 Å². The van der Waals surface area contributed by atoms with Crippen LogP contribution in [0.1, 0.15) is 20.3 Å². The van der Waals surface area contributed by atoms with Gasteiger partial charge in [0.2, 0.25) is 0 Å². The van der Waals surface area contributed by atoms with Crippen LogP contribution in [0.3, 0.4) is 0 Å². The van der Waals surface area contributed by atoms with Crippen molar-refractivity contribution in [3.63, 3.8) is 0 Å². The fraction of sp³-hybridized carbons (Fsp3) is 0.778. The molecule has 3 heteroatoms. The third-order valence-corrected chi connectivity index (χ3v) is 1.83. The van der Waals surface area contributed by atoms with Gasteiger partial charge >= 0.3 is 0 Å². The average Bonchev–Trinajstić information content (AvgIpc) is 1.94. The van der Waals surface area contributed by atoms with Gasteiger partial charge in [-0.05, 0) is 13.8 Å². The molecule has 3 atom stereocenters. The number of halogens is 1. The molecule has 0 saturated carbocycles. The van der Waals surface area contributed by atoms with E-state index in [-0.39, 0.29) is 12.1 Å². The number of hydrogen-bond donors (Lipinski definition) is 1. The predicted octanol–water partition coefficient (Wildman–Crippen LogP) is 1.41. The Hall–Kier alpha value is -0.410. The van der Waals surface area contributed by atoms with Crippen molar-refractivity contribution in [1.29, 1.82) is 0 Å². The molecule has 0 amide bonds. The zero-order valence-corrected chi connectivity index (χ0v) is 7.53. The summed E-state index contributed by atoms with van der Waals surface area (Å²) in [5, 5.41) is 0. The lowest BCUT2D eigenvalue weighted by atomic mass is 9.99. The normalized spacial score (nSPS) is 35.9. The Labute approximate surface area is 72.6 Å². The Morgan fingerprint density at radius 3 is 2.67 bits per heavy atom. The van der Waals surface area contributed by atoms with E-state index in [1.54, 1.807) is 6.08 Å². The van der Waals surface area contributed by atoms with Crippen LogP contribution in [0.4, 0.5) is 4.39 Å². The van der Waals surface area contributed by atoms with Gasteiger partial charge in [-0.15, -0.1) is 0 Å². The van der Waals surface area contributed by atoms with E-state index in [0.29, 0.717) is 6.42 Å². The Morgan fingerprint density at radius 1 is 1.50 bits per heavy atom. The van der Waals surface area contributed by atoms with Crippen molar-refractivity contribution in [3.05, 3.63) is 12.2 Å². The number of nitrogens with two attached hydrogens (primary N) is 1. The summed E-state index contributed by atoms with van der Waals surface area (Å²) in [6.07, 6.45) is 2.61. The maximum absolute atomic E-state index is 13.2. The van der Waals surface area contributed by atoms with Crippen molar-refractivity contribution >= 4 is 0 Å². The van der Waals surface area contributed by atoms with Gasteiger partial charge in [-0.3, -0.25) is 0 Å². The van der Waals surface area contributed by atoms with Crippen molar-refractivity contribution in [2.24, 2.45) is 5.73 Å². The molecular formula is C9H16FNO. The van der Waals surface area contributed by atoms with Crippen LogP contribution >= 0.6 is 0 Å². The van der Waals surface area contributed by atoms with Gasteiger partial charge in [-0.2, -0.15) is 0 Å². The van der Waals surface area contributed by atoms with E-state index in [9.17, 15) is 4.39 Å². The molecule has 70 valence electrons. The molecule has 0 aromatic carbocycles. The molecule has 2 unspecified atom stereocenters. The molecule has 0 bridgehead atoms. The first kappa shape index (κ1) is 9.68. The van der Waals surface area contributed by atoms with E-state index in [1.807, 2.05) is 19.9 Å². The van der Waals surface area contributed by atoms with Gasteiger partial charge in [0.05, 0.1) is 6.10 Å². The molecule has 0 aromatic rings. The van der Waals surface area contributed by atoms with Crippen molar-refractivity contribution in [2.45, 2.75) is 44.7 Å². The van der Waals surface area contributed by atoms with E-state index in [2.05, 4.69) is 0 Å². The lowest BCUT2D eigenvalue weighted by molar-refractivity contribution is -0.0157. The fourth-order valence-electron chi connectivity index (χ4n) is 1.29. The molecule has 0 aromatic heterocycles. The van der Waals surface area contributed by atoms with E-state index in [4.69, 9.17) is 10.5 Å². The second kappa shape index (κ2) is 4.01. The molecule has 12 heavy (non-hydrogen) atoms. The molecule has 0 fully saturated rings. The Kier molecular flexibility index (Phi) is 3.23. The lowest BCUT2D eigenvalue weighted by Gasteiger charge is -2.26. The topological polar surface area (TPSA) is 35.2 Å². The van der Waals surface area contributed by atoms with Crippen LogP contribution in [0, 0.1) is 0 Å². The molecule has 1 aliphatic carbocycles. The maximum atomic E-state index is 13.2. The minimum absolute atomic E-state index is 0.0622. The lowest BCUT2D eigenvalue weighted by Crippen LogP contribution is -2.36.